The number of hydrogen-bond donors (Lipinski definition) is 1. The molecule has 35 heavy (non-hydrogen) atoms. The largest absolute Gasteiger partial charge is 0.416 e. The van der Waals surface area contributed by atoms with Crippen LogP contribution in [0.5, 0.6) is 0 Å². The second-order valence-electron chi connectivity index (χ2n) is 9.18. The van der Waals surface area contributed by atoms with Gasteiger partial charge in [-0.05, 0) is 38.0 Å². The van der Waals surface area contributed by atoms with Crippen molar-refractivity contribution in [1.82, 2.24) is 19.5 Å². The molecule has 184 valence electrons. The van der Waals surface area contributed by atoms with Gasteiger partial charge < -0.3 is 19.7 Å². The third-order valence-corrected chi connectivity index (χ3v) is 6.83. The third kappa shape index (κ3) is 4.30. The van der Waals surface area contributed by atoms with E-state index in [0.717, 1.165) is 37.8 Å². The van der Waals surface area contributed by atoms with Crippen LogP contribution in [0.25, 0.3) is 5.69 Å². The molecule has 1 saturated carbocycles. The van der Waals surface area contributed by atoms with E-state index >= 15 is 0 Å². The first-order valence-electron chi connectivity index (χ1n) is 11.5. The maximum Gasteiger partial charge on any atom is 0.416 e. The summed E-state index contributed by atoms with van der Waals surface area (Å²) in [5.41, 5.74) is 0.971. The topological polar surface area (TPSA) is 79.2 Å². The standard InChI is InChI=1S/C24H26F3N7O/c1-14-12-34(13-29-14)17-9-15(24(25,26)27)8-16(10-17)30-23-28-11-20-21(31-23)32(2)19-7-5-4-6-18(19)22(35)33(20)3/h8-13,18-19H,4-7H2,1-3H3,(H,28,30,31). The van der Waals surface area contributed by atoms with Crippen LogP contribution >= 0.6 is 0 Å². The van der Waals surface area contributed by atoms with Gasteiger partial charge in [-0.1, -0.05) is 12.8 Å². The number of benzene rings is 1. The Morgan fingerprint density at radius 3 is 2.57 bits per heavy atom. The van der Waals surface area contributed by atoms with Crippen LogP contribution in [0.15, 0.2) is 36.9 Å². The van der Waals surface area contributed by atoms with E-state index in [1.165, 1.54) is 10.9 Å². The van der Waals surface area contributed by atoms with Crippen LogP contribution in [0.1, 0.15) is 36.9 Å². The maximum absolute atomic E-state index is 13.6. The Bertz CT molecular complexity index is 1270. The fraction of sp³-hybridized carbons (Fsp3) is 0.417. The van der Waals surface area contributed by atoms with Gasteiger partial charge in [-0.25, -0.2) is 9.97 Å². The Morgan fingerprint density at radius 1 is 1.09 bits per heavy atom. The van der Waals surface area contributed by atoms with Crippen LogP contribution in [-0.2, 0) is 11.0 Å². The molecule has 8 nitrogen and oxygen atoms in total. The summed E-state index contributed by atoms with van der Waals surface area (Å²) in [7, 11) is 3.63. The molecule has 2 aliphatic rings. The molecule has 11 heteroatoms. The van der Waals surface area contributed by atoms with E-state index in [1.807, 2.05) is 11.9 Å². The third-order valence-electron chi connectivity index (χ3n) is 6.83. The molecule has 3 heterocycles. The summed E-state index contributed by atoms with van der Waals surface area (Å²) in [6.45, 7) is 1.77. The lowest BCUT2D eigenvalue weighted by Gasteiger charge is -2.35. The van der Waals surface area contributed by atoms with Crippen molar-refractivity contribution in [2.75, 3.05) is 29.2 Å². The molecule has 0 saturated heterocycles. The molecule has 3 aromatic rings. The number of rotatable bonds is 3. The first kappa shape index (κ1) is 23.1. The van der Waals surface area contributed by atoms with Crippen molar-refractivity contribution in [1.29, 1.82) is 0 Å². The van der Waals surface area contributed by atoms with E-state index in [2.05, 4.69) is 20.3 Å². The summed E-state index contributed by atoms with van der Waals surface area (Å²) in [6, 6.07) is 3.70. The Labute approximate surface area is 200 Å². The predicted octanol–water partition coefficient (Wildman–Crippen LogP) is 4.70. The minimum Gasteiger partial charge on any atom is -0.354 e. The number of aromatic nitrogens is 4. The van der Waals surface area contributed by atoms with Crippen molar-refractivity contribution < 1.29 is 18.0 Å². The summed E-state index contributed by atoms with van der Waals surface area (Å²) >= 11 is 0. The van der Waals surface area contributed by atoms with Gasteiger partial charge in [0.25, 0.3) is 0 Å². The SMILES string of the molecule is Cc1cn(-c2cc(Nc3ncc4c(n3)N(C)C3CCCCC3C(=O)N4C)cc(C(F)(F)F)c2)cn1. The van der Waals surface area contributed by atoms with Crippen LogP contribution in [0.2, 0.25) is 0 Å². The van der Waals surface area contributed by atoms with Crippen LogP contribution in [0.3, 0.4) is 0 Å². The van der Waals surface area contributed by atoms with E-state index in [1.54, 1.807) is 37.3 Å². The minimum absolute atomic E-state index is 0.0207. The molecular weight excluding hydrogens is 459 g/mol. The van der Waals surface area contributed by atoms with Crippen molar-refractivity contribution >= 4 is 29.0 Å². The number of nitrogens with one attached hydrogen (secondary N) is 1. The highest BCUT2D eigenvalue weighted by molar-refractivity contribution is 5.99. The van der Waals surface area contributed by atoms with Gasteiger partial charge in [0.15, 0.2) is 5.82 Å². The van der Waals surface area contributed by atoms with Gasteiger partial charge in [0, 0.05) is 37.7 Å². The predicted molar refractivity (Wildman–Crippen MR) is 126 cm³/mol. The first-order chi connectivity index (χ1) is 16.6. The molecule has 0 bridgehead atoms. The number of hydrogen-bond acceptors (Lipinski definition) is 6. The van der Waals surface area contributed by atoms with Gasteiger partial charge in [0.05, 0.1) is 29.7 Å². The van der Waals surface area contributed by atoms with E-state index < -0.39 is 11.7 Å². The second kappa shape index (κ2) is 8.54. The second-order valence-corrected chi connectivity index (χ2v) is 9.18. The summed E-state index contributed by atoms with van der Waals surface area (Å²) in [6.07, 6.45) is 3.89. The molecule has 2 unspecified atom stereocenters. The molecule has 1 amide bonds. The molecule has 0 spiro atoms. The van der Waals surface area contributed by atoms with Gasteiger partial charge in [0.1, 0.15) is 5.69 Å². The lowest BCUT2D eigenvalue weighted by atomic mass is 9.83. The minimum atomic E-state index is -4.53. The van der Waals surface area contributed by atoms with Crippen molar-refractivity contribution in [3.05, 3.63) is 48.2 Å². The number of carbonyl (C=O) groups is 1. The summed E-state index contributed by atoms with van der Waals surface area (Å²) in [5.74, 6) is 0.653. The molecule has 2 aromatic heterocycles. The number of halogens is 3. The molecule has 5 rings (SSSR count). The Morgan fingerprint density at radius 2 is 1.86 bits per heavy atom. The molecule has 2 atom stereocenters. The Balaban J connectivity index is 1.53. The van der Waals surface area contributed by atoms with Crippen LogP contribution < -0.4 is 15.1 Å². The van der Waals surface area contributed by atoms with E-state index in [9.17, 15) is 18.0 Å². The van der Waals surface area contributed by atoms with Crippen molar-refractivity contribution in [3.63, 3.8) is 0 Å². The number of anilines is 4. The zero-order valence-corrected chi connectivity index (χ0v) is 19.7. The van der Waals surface area contributed by atoms with Crippen molar-refractivity contribution in [3.8, 4) is 5.69 Å². The molecule has 1 aliphatic carbocycles. The number of aryl methyl sites for hydroxylation is 1. The Kier molecular flexibility index (Phi) is 5.65. The van der Waals surface area contributed by atoms with E-state index in [0.29, 0.717) is 22.9 Å². The van der Waals surface area contributed by atoms with Crippen molar-refractivity contribution in [2.45, 2.75) is 44.8 Å². The molecule has 1 aromatic carbocycles. The van der Waals surface area contributed by atoms with Gasteiger partial charge in [-0.2, -0.15) is 18.2 Å². The van der Waals surface area contributed by atoms with Gasteiger partial charge in [-0.3, -0.25) is 4.79 Å². The van der Waals surface area contributed by atoms with Crippen LogP contribution in [-0.4, -0.2) is 45.6 Å². The summed E-state index contributed by atoms with van der Waals surface area (Å²) in [4.78, 5) is 29.8. The highest BCUT2D eigenvalue weighted by atomic mass is 19.4. The zero-order chi connectivity index (χ0) is 24.9. The summed E-state index contributed by atoms with van der Waals surface area (Å²) < 4.78 is 42.4. The monoisotopic (exact) mass is 485 g/mol. The maximum atomic E-state index is 13.6. The highest BCUT2D eigenvalue weighted by Gasteiger charge is 2.40. The number of fused-ring (bicyclic) bond motifs is 2. The smallest absolute Gasteiger partial charge is 0.354 e. The van der Waals surface area contributed by atoms with Crippen LogP contribution in [0.4, 0.5) is 36.3 Å². The van der Waals surface area contributed by atoms with Crippen LogP contribution in [0, 0.1) is 12.8 Å². The van der Waals surface area contributed by atoms with Gasteiger partial charge >= 0.3 is 6.18 Å². The fourth-order valence-electron chi connectivity index (χ4n) is 5.00. The lowest BCUT2D eigenvalue weighted by Crippen LogP contribution is -2.45. The number of nitrogens with zero attached hydrogens (tertiary/aromatic N) is 6. The lowest BCUT2D eigenvalue weighted by molar-refractivity contribution is -0.137. The quantitative estimate of drug-likeness (QED) is 0.579. The van der Waals surface area contributed by atoms with Crippen molar-refractivity contribution in [2.24, 2.45) is 5.92 Å². The summed E-state index contributed by atoms with van der Waals surface area (Å²) in [5, 5.41) is 2.94. The highest BCUT2D eigenvalue weighted by Crippen LogP contribution is 2.40. The number of imidazole rings is 1. The normalized spacial score (nSPS) is 20.3. The molecule has 0 radical (unpaired) electrons. The van der Waals surface area contributed by atoms with E-state index in [-0.39, 0.29) is 29.5 Å². The average molecular weight is 486 g/mol. The molecule has 1 aliphatic heterocycles. The molecule has 1 N–H and O–H groups in total. The molecular formula is C24H26F3N7O. The number of carbonyl (C=O) groups excluding carboxylic acids is 1. The molecule has 1 fully saturated rings. The van der Waals surface area contributed by atoms with Gasteiger partial charge in [-0.15, -0.1) is 0 Å². The van der Waals surface area contributed by atoms with E-state index in [4.69, 9.17) is 0 Å². The first-order valence-corrected chi connectivity index (χ1v) is 11.5. The number of amides is 1. The average Bonchev–Trinajstić information content (AvgIpc) is 3.25. The zero-order valence-electron chi connectivity index (χ0n) is 19.7. The fourth-order valence-corrected chi connectivity index (χ4v) is 5.00. The number of alkyl halides is 3. The Hall–Kier alpha value is -3.63. The van der Waals surface area contributed by atoms with Gasteiger partial charge in [0.2, 0.25) is 11.9 Å².